The summed E-state index contributed by atoms with van der Waals surface area (Å²) in [6.07, 6.45) is 2.49. The molecule has 1 aromatic carbocycles. The van der Waals surface area contributed by atoms with E-state index in [0.717, 1.165) is 36.4 Å². The lowest BCUT2D eigenvalue weighted by Gasteiger charge is -2.21. The van der Waals surface area contributed by atoms with Gasteiger partial charge in [0.25, 0.3) is 0 Å². The predicted molar refractivity (Wildman–Crippen MR) is 81.2 cm³/mol. The first-order valence-electron chi connectivity index (χ1n) is 7.41. The van der Waals surface area contributed by atoms with Crippen LogP contribution in [0.3, 0.4) is 0 Å². The highest BCUT2D eigenvalue weighted by Gasteiger charge is 2.16. The third kappa shape index (κ3) is 3.97. The molecule has 2 N–H and O–H groups in total. The molecule has 2 rings (SSSR count). The molecule has 0 aromatic heterocycles. The minimum Gasteiger partial charge on any atom is -0.491 e. The number of anilines is 1. The Hall–Kier alpha value is -1.55. The first-order valence-corrected chi connectivity index (χ1v) is 7.41. The van der Waals surface area contributed by atoms with Crippen LogP contribution >= 0.6 is 0 Å². The number of carbonyl (C=O) groups excluding carboxylic acids is 1. The molecule has 1 aliphatic heterocycles. The zero-order chi connectivity index (χ0) is 14.5. The summed E-state index contributed by atoms with van der Waals surface area (Å²) >= 11 is 0. The molecule has 1 aromatic rings. The van der Waals surface area contributed by atoms with Gasteiger partial charge in [0.1, 0.15) is 5.75 Å². The lowest BCUT2D eigenvalue weighted by atomic mass is 10.0. The molecule has 1 amide bonds. The molecule has 0 saturated carbocycles. The first-order chi connectivity index (χ1) is 9.58. The van der Waals surface area contributed by atoms with Crippen molar-refractivity contribution in [3.63, 3.8) is 0 Å². The van der Waals surface area contributed by atoms with Crippen molar-refractivity contribution in [2.24, 2.45) is 0 Å². The second-order valence-electron chi connectivity index (χ2n) is 5.49. The maximum atomic E-state index is 11.3. The summed E-state index contributed by atoms with van der Waals surface area (Å²) in [6, 6.07) is 6.36. The molecular formula is C16H24N2O2. The molecule has 0 aliphatic carbocycles. The minimum atomic E-state index is 0.0963. The number of carbonyl (C=O) groups is 1. The first kappa shape index (κ1) is 14.9. The van der Waals surface area contributed by atoms with Gasteiger partial charge in [-0.3, -0.25) is 4.79 Å². The smallest absolute Gasteiger partial charge is 0.224 e. The van der Waals surface area contributed by atoms with Crippen LogP contribution in [0.1, 0.15) is 39.2 Å². The molecule has 4 heteroatoms. The molecule has 1 heterocycles. The van der Waals surface area contributed by atoms with Crippen LogP contribution in [-0.4, -0.2) is 24.6 Å². The Morgan fingerprint density at radius 3 is 2.90 bits per heavy atom. The number of hydrogen-bond acceptors (Lipinski definition) is 3. The number of aryl methyl sites for hydroxylation is 1. The Morgan fingerprint density at radius 2 is 2.15 bits per heavy atom. The van der Waals surface area contributed by atoms with Gasteiger partial charge in [0.05, 0.1) is 6.10 Å². The average Bonchev–Trinajstić information content (AvgIpc) is 2.39. The molecule has 0 spiro atoms. The summed E-state index contributed by atoms with van der Waals surface area (Å²) in [7, 11) is 0. The van der Waals surface area contributed by atoms with Crippen molar-refractivity contribution in [1.82, 2.24) is 5.32 Å². The van der Waals surface area contributed by atoms with Crippen molar-refractivity contribution in [2.45, 2.75) is 52.2 Å². The van der Waals surface area contributed by atoms with E-state index in [1.807, 2.05) is 18.2 Å². The number of hydrogen-bond donors (Lipinski definition) is 2. The summed E-state index contributed by atoms with van der Waals surface area (Å²) in [5, 5.41) is 6.27. The molecular weight excluding hydrogens is 252 g/mol. The van der Waals surface area contributed by atoms with Crippen molar-refractivity contribution >= 4 is 11.6 Å². The van der Waals surface area contributed by atoms with Gasteiger partial charge < -0.3 is 15.4 Å². The zero-order valence-electron chi connectivity index (χ0n) is 12.5. The zero-order valence-corrected chi connectivity index (χ0v) is 12.5. The largest absolute Gasteiger partial charge is 0.491 e. The summed E-state index contributed by atoms with van der Waals surface area (Å²) in [5.41, 5.74) is 2.08. The number of rotatable bonds is 6. The lowest BCUT2D eigenvalue weighted by Crippen LogP contribution is -2.30. The fourth-order valence-electron chi connectivity index (χ4n) is 2.64. The Labute approximate surface area is 120 Å². The molecule has 0 fully saturated rings. The quantitative estimate of drug-likeness (QED) is 0.840. The van der Waals surface area contributed by atoms with Gasteiger partial charge in [0.2, 0.25) is 5.91 Å². The molecule has 0 saturated heterocycles. The molecule has 4 nitrogen and oxygen atoms in total. The second kappa shape index (κ2) is 6.75. The van der Waals surface area contributed by atoms with Crippen LogP contribution in [0.4, 0.5) is 5.69 Å². The Kier molecular flexibility index (Phi) is 5.01. The van der Waals surface area contributed by atoms with Crippen LogP contribution in [0.2, 0.25) is 0 Å². The minimum absolute atomic E-state index is 0.0963. The molecule has 20 heavy (non-hydrogen) atoms. The summed E-state index contributed by atoms with van der Waals surface area (Å²) in [4.78, 5) is 11.3. The van der Waals surface area contributed by atoms with Crippen LogP contribution in [0.5, 0.6) is 5.75 Å². The number of fused-ring (bicyclic) bond motifs is 1. The van der Waals surface area contributed by atoms with Crippen LogP contribution in [0.25, 0.3) is 0 Å². The topological polar surface area (TPSA) is 50.4 Å². The molecule has 2 atom stereocenters. The molecule has 0 bridgehead atoms. The van der Waals surface area contributed by atoms with Gasteiger partial charge >= 0.3 is 0 Å². The van der Waals surface area contributed by atoms with Crippen molar-refractivity contribution in [1.29, 1.82) is 0 Å². The van der Waals surface area contributed by atoms with Gasteiger partial charge in [0, 0.05) is 18.2 Å². The van der Waals surface area contributed by atoms with E-state index in [2.05, 4.69) is 31.4 Å². The van der Waals surface area contributed by atoms with Crippen LogP contribution in [0.15, 0.2) is 18.2 Å². The number of benzene rings is 1. The Bertz CT molecular complexity index is 474. The predicted octanol–water partition coefficient (Wildman–Crippen LogP) is 2.73. The normalized spacial score (nSPS) is 17.1. The van der Waals surface area contributed by atoms with E-state index >= 15 is 0 Å². The van der Waals surface area contributed by atoms with Gasteiger partial charge in [-0.05, 0) is 57.0 Å². The van der Waals surface area contributed by atoms with Crippen molar-refractivity contribution in [3.05, 3.63) is 23.8 Å². The van der Waals surface area contributed by atoms with Gasteiger partial charge in [-0.25, -0.2) is 0 Å². The van der Waals surface area contributed by atoms with Gasteiger partial charge in [0.15, 0.2) is 0 Å². The fraction of sp³-hybridized carbons (Fsp3) is 0.562. The molecule has 0 radical (unpaired) electrons. The number of amides is 1. The van der Waals surface area contributed by atoms with Crippen molar-refractivity contribution in [2.75, 3.05) is 11.9 Å². The van der Waals surface area contributed by atoms with E-state index in [9.17, 15) is 4.79 Å². The second-order valence-corrected chi connectivity index (χ2v) is 5.49. The van der Waals surface area contributed by atoms with Crippen LogP contribution in [-0.2, 0) is 11.2 Å². The summed E-state index contributed by atoms with van der Waals surface area (Å²) < 4.78 is 5.97. The third-order valence-electron chi connectivity index (χ3n) is 3.55. The standard InChI is InChI=1S/C16H24N2O2/c1-4-17-11(2)9-12(3)20-14-6-7-15-13(10-14)5-8-16(19)18-15/h6-7,10-12,17H,4-5,8-9H2,1-3H3,(H,18,19). The van der Waals surface area contributed by atoms with Crippen LogP contribution < -0.4 is 15.4 Å². The molecule has 1 aliphatic rings. The highest BCUT2D eigenvalue weighted by molar-refractivity contribution is 5.93. The SMILES string of the molecule is CCNC(C)CC(C)Oc1ccc2c(c1)CCC(=O)N2. The summed E-state index contributed by atoms with van der Waals surface area (Å²) in [6.45, 7) is 7.35. The van der Waals surface area contributed by atoms with Gasteiger partial charge in [-0.15, -0.1) is 0 Å². The third-order valence-corrected chi connectivity index (χ3v) is 3.55. The number of nitrogens with one attached hydrogen (secondary N) is 2. The van der Waals surface area contributed by atoms with Crippen molar-refractivity contribution in [3.8, 4) is 5.75 Å². The van der Waals surface area contributed by atoms with E-state index in [4.69, 9.17) is 4.74 Å². The lowest BCUT2D eigenvalue weighted by molar-refractivity contribution is -0.116. The maximum absolute atomic E-state index is 11.3. The maximum Gasteiger partial charge on any atom is 0.224 e. The Morgan fingerprint density at radius 1 is 1.35 bits per heavy atom. The highest BCUT2D eigenvalue weighted by Crippen LogP contribution is 2.27. The monoisotopic (exact) mass is 276 g/mol. The molecule has 2 unspecified atom stereocenters. The van der Waals surface area contributed by atoms with E-state index in [-0.39, 0.29) is 12.0 Å². The Balaban J connectivity index is 1.95. The molecule has 110 valence electrons. The van der Waals surface area contributed by atoms with E-state index in [1.165, 1.54) is 0 Å². The van der Waals surface area contributed by atoms with E-state index in [1.54, 1.807) is 0 Å². The average molecular weight is 276 g/mol. The van der Waals surface area contributed by atoms with E-state index in [0.29, 0.717) is 12.5 Å². The van der Waals surface area contributed by atoms with Gasteiger partial charge in [-0.2, -0.15) is 0 Å². The summed E-state index contributed by atoms with van der Waals surface area (Å²) in [5.74, 6) is 0.982. The highest BCUT2D eigenvalue weighted by atomic mass is 16.5. The van der Waals surface area contributed by atoms with Gasteiger partial charge in [-0.1, -0.05) is 6.92 Å². The number of ether oxygens (including phenoxy) is 1. The van der Waals surface area contributed by atoms with E-state index < -0.39 is 0 Å². The van der Waals surface area contributed by atoms with Crippen LogP contribution in [0, 0.1) is 0 Å². The van der Waals surface area contributed by atoms with Crippen molar-refractivity contribution < 1.29 is 9.53 Å². The fourth-order valence-corrected chi connectivity index (χ4v) is 2.64.